The van der Waals surface area contributed by atoms with E-state index < -0.39 is 0 Å². The predicted molar refractivity (Wildman–Crippen MR) is 94.1 cm³/mol. The highest BCUT2D eigenvalue weighted by Crippen LogP contribution is 2.23. The van der Waals surface area contributed by atoms with Crippen molar-refractivity contribution in [3.63, 3.8) is 0 Å². The van der Waals surface area contributed by atoms with Crippen LogP contribution in [0.15, 0.2) is 9.98 Å². The zero-order valence-corrected chi connectivity index (χ0v) is 14.1. The average molecular weight is 318 g/mol. The minimum atomic E-state index is 0. The molecule has 0 aliphatic heterocycles. The van der Waals surface area contributed by atoms with Crippen LogP contribution in [0, 0.1) is 5.92 Å². The molecule has 6 heteroatoms. The highest BCUT2D eigenvalue weighted by Gasteiger charge is 2.12. The first-order chi connectivity index (χ1) is 9.72. The molecule has 1 fully saturated rings. The highest BCUT2D eigenvalue weighted by atomic mass is 35.5. The molecule has 1 aliphatic rings. The van der Waals surface area contributed by atoms with Gasteiger partial charge in [0.05, 0.1) is 0 Å². The molecular weight excluding hydrogens is 286 g/mol. The van der Waals surface area contributed by atoms with E-state index in [4.69, 9.17) is 11.5 Å². The van der Waals surface area contributed by atoms with E-state index in [2.05, 4.69) is 22.2 Å². The Kier molecular flexibility index (Phi) is 12.2. The summed E-state index contributed by atoms with van der Waals surface area (Å²) >= 11 is 0. The summed E-state index contributed by atoms with van der Waals surface area (Å²) in [7, 11) is 0. The number of nitrogens with one attached hydrogen (secondary N) is 1. The van der Waals surface area contributed by atoms with Gasteiger partial charge in [0, 0.05) is 13.1 Å². The van der Waals surface area contributed by atoms with Crippen molar-refractivity contribution in [2.24, 2.45) is 27.4 Å². The maximum Gasteiger partial charge on any atom is 0.195 e. The number of halogens is 1. The number of guanidine groups is 2. The highest BCUT2D eigenvalue weighted by molar-refractivity contribution is 5.97. The lowest BCUT2D eigenvalue weighted by molar-refractivity contribution is 0.367. The minimum absolute atomic E-state index is 0. The standard InChI is InChI=1S/C15H31N5.ClH/c1-2-3-4-8-11-18-14(16)20-15(17)19-12-13-9-6-5-7-10-13;/h13H,2-12H2,1H3,(H5,16,17,18,19,20);1H. The molecule has 124 valence electrons. The summed E-state index contributed by atoms with van der Waals surface area (Å²) in [5, 5.41) is 2.87. The maximum atomic E-state index is 5.82. The molecule has 0 aromatic rings. The Morgan fingerprint density at radius 3 is 2.33 bits per heavy atom. The van der Waals surface area contributed by atoms with Gasteiger partial charge < -0.3 is 11.5 Å². The van der Waals surface area contributed by atoms with Gasteiger partial charge in [0.1, 0.15) is 0 Å². The van der Waals surface area contributed by atoms with E-state index in [1.54, 1.807) is 0 Å². The zero-order chi connectivity index (χ0) is 14.6. The molecule has 0 spiro atoms. The van der Waals surface area contributed by atoms with Crippen molar-refractivity contribution in [2.45, 2.75) is 64.7 Å². The number of nitrogens with zero attached hydrogens (tertiary/aromatic N) is 2. The van der Waals surface area contributed by atoms with E-state index in [0.717, 1.165) is 19.5 Å². The summed E-state index contributed by atoms with van der Waals surface area (Å²) in [5.74, 6) is 1.47. The molecule has 21 heavy (non-hydrogen) atoms. The SMILES string of the molecule is CCCCCCN=C(N)NC(N)=NCC1CCCCC1.Cl. The second-order valence-corrected chi connectivity index (χ2v) is 5.68. The van der Waals surface area contributed by atoms with E-state index in [-0.39, 0.29) is 12.4 Å². The van der Waals surface area contributed by atoms with E-state index in [1.807, 2.05) is 0 Å². The van der Waals surface area contributed by atoms with Crippen LogP contribution in [0.5, 0.6) is 0 Å². The van der Waals surface area contributed by atoms with Gasteiger partial charge in [-0.15, -0.1) is 12.4 Å². The van der Waals surface area contributed by atoms with Gasteiger partial charge in [-0.1, -0.05) is 45.4 Å². The van der Waals surface area contributed by atoms with Crippen LogP contribution in [-0.2, 0) is 0 Å². The van der Waals surface area contributed by atoms with Crippen LogP contribution in [0.1, 0.15) is 64.7 Å². The van der Waals surface area contributed by atoms with Crippen LogP contribution < -0.4 is 16.8 Å². The molecule has 0 amide bonds. The Morgan fingerprint density at radius 2 is 1.67 bits per heavy atom. The molecular formula is C15H32ClN5. The first-order valence-corrected chi connectivity index (χ1v) is 8.09. The van der Waals surface area contributed by atoms with E-state index >= 15 is 0 Å². The molecule has 5 N–H and O–H groups in total. The molecule has 1 saturated carbocycles. The summed E-state index contributed by atoms with van der Waals surface area (Å²) in [5.41, 5.74) is 11.6. The Morgan fingerprint density at radius 1 is 1.00 bits per heavy atom. The van der Waals surface area contributed by atoms with Gasteiger partial charge >= 0.3 is 0 Å². The van der Waals surface area contributed by atoms with Gasteiger partial charge in [-0.25, -0.2) is 0 Å². The van der Waals surface area contributed by atoms with Crippen molar-refractivity contribution in [3.8, 4) is 0 Å². The first-order valence-electron chi connectivity index (χ1n) is 8.09. The van der Waals surface area contributed by atoms with Crippen molar-refractivity contribution < 1.29 is 0 Å². The van der Waals surface area contributed by atoms with Crippen LogP contribution >= 0.6 is 12.4 Å². The van der Waals surface area contributed by atoms with Crippen molar-refractivity contribution in [1.29, 1.82) is 0 Å². The summed E-state index contributed by atoms with van der Waals surface area (Å²) in [6, 6.07) is 0. The number of rotatable bonds is 7. The first kappa shape index (κ1) is 20.0. The van der Waals surface area contributed by atoms with Gasteiger partial charge in [0.2, 0.25) is 0 Å². The molecule has 1 rings (SSSR count). The maximum absolute atomic E-state index is 5.82. The number of hydrogen-bond acceptors (Lipinski definition) is 2. The topological polar surface area (TPSA) is 88.8 Å². The largest absolute Gasteiger partial charge is 0.370 e. The molecule has 1 aliphatic carbocycles. The number of nitrogens with two attached hydrogens (primary N) is 2. The molecule has 5 nitrogen and oxygen atoms in total. The second-order valence-electron chi connectivity index (χ2n) is 5.68. The number of unbranched alkanes of at least 4 members (excludes halogenated alkanes) is 3. The van der Waals surface area contributed by atoms with Crippen LogP contribution in [-0.4, -0.2) is 25.0 Å². The Balaban J connectivity index is 0.00000400. The third-order valence-electron chi connectivity index (χ3n) is 3.79. The minimum Gasteiger partial charge on any atom is -0.370 e. The third-order valence-corrected chi connectivity index (χ3v) is 3.79. The fourth-order valence-corrected chi connectivity index (χ4v) is 2.55. The fraction of sp³-hybridized carbons (Fsp3) is 0.867. The van der Waals surface area contributed by atoms with Crippen molar-refractivity contribution in [1.82, 2.24) is 5.32 Å². The predicted octanol–water partition coefficient (Wildman–Crippen LogP) is 2.79. The Hall–Kier alpha value is -0.970. The van der Waals surface area contributed by atoms with Crippen molar-refractivity contribution in [3.05, 3.63) is 0 Å². The van der Waals surface area contributed by atoms with Crippen LogP contribution in [0.4, 0.5) is 0 Å². The van der Waals surface area contributed by atoms with Crippen LogP contribution in [0.3, 0.4) is 0 Å². The lowest BCUT2D eigenvalue weighted by atomic mass is 9.89. The normalized spacial score (nSPS) is 17.4. The Labute approximate surface area is 135 Å². The smallest absolute Gasteiger partial charge is 0.195 e. The molecule has 0 bridgehead atoms. The molecule has 0 saturated heterocycles. The summed E-state index contributed by atoms with van der Waals surface area (Å²) in [4.78, 5) is 8.62. The third kappa shape index (κ3) is 10.4. The summed E-state index contributed by atoms with van der Waals surface area (Å²) < 4.78 is 0. The quantitative estimate of drug-likeness (QED) is 0.383. The van der Waals surface area contributed by atoms with Gasteiger partial charge in [-0.3, -0.25) is 15.3 Å². The molecule has 0 unspecified atom stereocenters. The van der Waals surface area contributed by atoms with Crippen molar-refractivity contribution >= 4 is 24.3 Å². The van der Waals surface area contributed by atoms with Gasteiger partial charge in [0.15, 0.2) is 11.9 Å². The van der Waals surface area contributed by atoms with Crippen molar-refractivity contribution in [2.75, 3.05) is 13.1 Å². The van der Waals surface area contributed by atoms with E-state index in [0.29, 0.717) is 17.8 Å². The van der Waals surface area contributed by atoms with E-state index in [1.165, 1.54) is 51.4 Å². The molecule has 0 atom stereocenters. The average Bonchev–Trinajstić information content (AvgIpc) is 2.46. The number of aliphatic imine (C=N–C) groups is 2. The fourth-order valence-electron chi connectivity index (χ4n) is 2.55. The second kappa shape index (κ2) is 12.7. The monoisotopic (exact) mass is 317 g/mol. The Bertz CT molecular complexity index is 311. The number of hydrogen-bond donors (Lipinski definition) is 3. The van der Waals surface area contributed by atoms with Gasteiger partial charge in [-0.05, 0) is 25.2 Å². The summed E-state index contributed by atoms with van der Waals surface area (Å²) in [6.45, 7) is 3.76. The summed E-state index contributed by atoms with van der Waals surface area (Å²) in [6.07, 6.45) is 11.4. The molecule has 0 heterocycles. The van der Waals surface area contributed by atoms with Crippen LogP contribution in [0.25, 0.3) is 0 Å². The molecule has 0 aromatic carbocycles. The molecule has 0 radical (unpaired) electrons. The van der Waals surface area contributed by atoms with Crippen LogP contribution in [0.2, 0.25) is 0 Å². The van der Waals surface area contributed by atoms with E-state index in [9.17, 15) is 0 Å². The van der Waals surface area contributed by atoms with Gasteiger partial charge in [0.25, 0.3) is 0 Å². The lowest BCUT2D eigenvalue weighted by Crippen LogP contribution is -2.42. The van der Waals surface area contributed by atoms with Gasteiger partial charge in [-0.2, -0.15) is 0 Å². The lowest BCUT2D eigenvalue weighted by Gasteiger charge is -2.19. The molecule has 0 aromatic heterocycles. The zero-order valence-electron chi connectivity index (χ0n) is 13.3.